The molecule has 2 saturated heterocycles. The summed E-state index contributed by atoms with van der Waals surface area (Å²) in [5.41, 5.74) is 0.653. The number of carbonyl (C=O) groups excluding carboxylic acids is 1. The molecular formula is C16H25N3O4S. The van der Waals surface area contributed by atoms with Gasteiger partial charge in [-0.15, -0.1) is 11.3 Å². The fourth-order valence-corrected chi connectivity index (χ4v) is 3.87. The third kappa shape index (κ3) is 4.31. The van der Waals surface area contributed by atoms with E-state index in [4.69, 9.17) is 4.74 Å². The van der Waals surface area contributed by atoms with Crippen molar-refractivity contribution in [3.63, 3.8) is 0 Å². The van der Waals surface area contributed by atoms with Crippen molar-refractivity contribution >= 4 is 17.2 Å². The average Bonchev–Trinajstić information content (AvgIpc) is 3.12. The molecule has 134 valence electrons. The Morgan fingerprint density at radius 1 is 1.50 bits per heavy atom. The standard InChI is InChI=1S/C16H25N3O4S/c20-14-8-19(7-12-1-5-23-6-2-12)4-3-16(14,22)10-17-15(21)13-9-24-11-18-13/h9,11-12,14,20,22H,1-8,10H2,(H,17,21)/t14-,16-/m1/s1. The van der Waals surface area contributed by atoms with Crippen LogP contribution in [0.4, 0.5) is 0 Å². The van der Waals surface area contributed by atoms with Gasteiger partial charge in [0.1, 0.15) is 11.3 Å². The Labute approximate surface area is 145 Å². The van der Waals surface area contributed by atoms with E-state index in [0.29, 0.717) is 24.6 Å². The molecule has 2 aliphatic rings. The van der Waals surface area contributed by atoms with Crippen LogP contribution in [0.1, 0.15) is 29.8 Å². The number of hydrogen-bond acceptors (Lipinski definition) is 7. The largest absolute Gasteiger partial charge is 0.389 e. The molecule has 1 aromatic rings. The van der Waals surface area contributed by atoms with Crippen LogP contribution in [0, 0.1) is 5.92 Å². The van der Waals surface area contributed by atoms with E-state index >= 15 is 0 Å². The maximum atomic E-state index is 11.9. The van der Waals surface area contributed by atoms with Gasteiger partial charge < -0.3 is 25.2 Å². The van der Waals surface area contributed by atoms with Crippen molar-refractivity contribution < 1.29 is 19.7 Å². The molecule has 2 atom stereocenters. The molecule has 0 aromatic carbocycles. The van der Waals surface area contributed by atoms with E-state index in [2.05, 4.69) is 15.2 Å². The van der Waals surface area contributed by atoms with E-state index in [1.54, 1.807) is 10.9 Å². The zero-order chi connectivity index (χ0) is 17.0. The number of nitrogens with one attached hydrogen (secondary N) is 1. The lowest BCUT2D eigenvalue weighted by Gasteiger charge is -2.43. The summed E-state index contributed by atoms with van der Waals surface area (Å²) in [7, 11) is 0. The molecule has 0 aliphatic carbocycles. The molecular weight excluding hydrogens is 330 g/mol. The van der Waals surface area contributed by atoms with Crippen LogP contribution < -0.4 is 5.32 Å². The maximum Gasteiger partial charge on any atom is 0.270 e. The molecule has 24 heavy (non-hydrogen) atoms. The van der Waals surface area contributed by atoms with E-state index < -0.39 is 11.7 Å². The van der Waals surface area contributed by atoms with E-state index in [9.17, 15) is 15.0 Å². The molecule has 8 heteroatoms. The van der Waals surface area contributed by atoms with Crippen LogP contribution in [0.3, 0.4) is 0 Å². The van der Waals surface area contributed by atoms with Gasteiger partial charge in [-0.2, -0.15) is 0 Å². The number of thiazole rings is 1. The zero-order valence-corrected chi connectivity index (χ0v) is 14.5. The number of hydrogen-bond donors (Lipinski definition) is 3. The Morgan fingerprint density at radius 2 is 2.29 bits per heavy atom. The smallest absolute Gasteiger partial charge is 0.270 e. The van der Waals surface area contributed by atoms with Crippen molar-refractivity contribution in [2.45, 2.75) is 31.0 Å². The Balaban J connectivity index is 1.47. The molecule has 2 fully saturated rings. The lowest BCUT2D eigenvalue weighted by atomic mass is 9.87. The fourth-order valence-electron chi connectivity index (χ4n) is 3.34. The van der Waals surface area contributed by atoms with Gasteiger partial charge in [0.05, 0.1) is 11.6 Å². The second-order valence-corrected chi connectivity index (χ2v) is 7.46. The number of carbonyl (C=O) groups is 1. The second-order valence-electron chi connectivity index (χ2n) is 6.74. The van der Waals surface area contributed by atoms with Crippen LogP contribution in [-0.2, 0) is 4.74 Å². The Hall–Kier alpha value is -1.06. The Bertz CT molecular complexity index is 535. The topological polar surface area (TPSA) is 94.9 Å². The maximum absolute atomic E-state index is 11.9. The first-order valence-electron chi connectivity index (χ1n) is 8.44. The van der Waals surface area contributed by atoms with Crippen molar-refractivity contribution in [1.82, 2.24) is 15.2 Å². The van der Waals surface area contributed by atoms with Crippen molar-refractivity contribution in [3.05, 3.63) is 16.6 Å². The van der Waals surface area contributed by atoms with Gasteiger partial charge in [-0.3, -0.25) is 4.79 Å². The zero-order valence-electron chi connectivity index (χ0n) is 13.7. The minimum absolute atomic E-state index is 0.0373. The van der Waals surface area contributed by atoms with E-state index in [1.807, 2.05) is 0 Å². The van der Waals surface area contributed by atoms with Crippen LogP contribution in [0.5, 0.6) is 0 Å². The highest BCUT2D eigenvalue weighted by molar-refractivity contribution is 7.07. The minimum Gasteiger partial charge on any atom is -0.389 e. The first kappa shape index (κ1) is 17.8. The molecule has 3 heterocycles. The van der Waals surface area contributed by atoms with Crippen molar-refractivity contribution in [2.24, 2.45) is 5.92 Å². The number of β-amino-alcohol motifs (C(OH)–C–C–N with tert-alkyl or cyclic N) is 1. The number of piperidine rings is 1. The number of nitrogens with zero attached hydrogens (tertiary/aromatic N) is 2. The van der Waals surface area contributed by atoms with Crippen LogP contribution >= 0.6 is 11.3 Å². The molecule has 2 aliphatic heterocycles. The molecule has 7 nitrogen and oxygen atoms in total. The van der Waals surface area contributed by atoms with Gasteiger partial charge in [0.2, 0.25) is 0 Å². The number of aliphatic hydroxyl groups is 2. The number of aliphatic hydroxyl groups excluding tert-OH is 1. The quantitative estimate of drug-likeness (QED) is 0.693. The summed E-state index contributed by atoms with van der Waals surface area (Å²) in [6.07, 6.45) is 1.68. The van der Waals surface area contributed by atoms with Crippen LogP contribution in [0.15, 0.2) is 10.9 Å². The lowest BCUT2D eigenvalue weighted by molar-refractivity contribution is -0.118. The molecule has 0 spiro atoms. The fraction of sp³-hybridized carbons (Fsp3) is 0.750. The van der Waals surface area contributed by atoms with Crippen LogP contribution in [0.2, 0.25) is 0 Å². The summed E-state index contributed by atoms with van der Waals surface area (Å²) in [6.45, 7) is 3.75. The SMILES string of the molecule is O=C(NC[C@]1(O)CCN(CC2CCOCC2)C[C@H]1O)c1cscn1. The highest BCUT2D eigenvalue weighted by Gasteiger charge is 2.41. The summed E-state index contributed by atoms with van der Waals surface area (Å²) in [4.78, 5) is 18.1. The first-order chi connectivity index (χ1) is 11.6. The van der Waals surface area contributed by atoms with Crippen LogP contribution in [0.25, 0.3) is 0 Å². The van der Waals surface area contributed by atoms with Gasteiger partial charge in [-0.25, -0.2) is 4.98 Å². The summed E-state index contributed by atoms with van der Waals surface area (Å²) in [6, 6.07) is 0. The van der Waals surface area contributed by atoms with Crippen LogP contribution in [-0.4, -0.2) is 77.1 Å². The number of amides is 1. The summed E-state index contributed by atoms with van der Waals surface area (Å²) in [5.74, 6) is 0.281. The Morgan fingerprint density at radius 3 is 2.96 bits per heavy atom. The molecule has 1 amide bonds. The number of rotatable bonds is 5. The van der Waals surface area contributed by atoms with E-state index in [0.717, 1.165) is 39.1 Å². The first-order valence-corrected chi connectivity index (χ1v) is 9.38. The number of ether oxygens (including phenoxy) is 1. The van der Waals surface area contributed by atoms with Gasteiger partial charge in [-0.05, 0) is 25.2 Å². The second kappa shape index (κ2) is 7.88. The monoisotopic (exact) mass is 355 g/mol. The highest BCUT2D eigenvalue weighted by Crippen LogP contribution is 2.25. The molecule has 3 rings (SSSR count). The highest BCUT2D eigenvalue weighted by atomic mass is 32.1. The Kier molecular flexibility index (Phi) is 5.83. The van der Waals surface area contributed by atoms with Crippen molar-refractivity contribution in [3.8, 4) is 0 Å². The normalized spacial score (nSPS) is 29.5. The summed E-state index contributed by atoms with van der Waals surface area (Å²) < 4.78 is 5.38. The molecule has 0 radical (unpaired) electrons. The number of likely N-dealkylation sites (tertiary alicyclic amines) is 1. The average molecular weight is 355 g/mol. The number of aromatic nitrogens is 1. The van der Waals surface area contributed by atoms with Gasteiger partial charge in [0.25, 0.3) is 5.91 Å². The lowest BCUT2D eigenvalue weighted by Crippen LogP contribution is -2.60. The molecule has 0 saturated carbocycles. The van der Waals surface area contributed by atoms with E-state index in [1.165, 1.54) is 11.3 Å². The van der Waals surface area contributed by atoms with Gasteiger partial charge >= 0.3 is 0 Å². The third-order valence-corrected chi connectivity index (χ3v) is 5.58. The van der Waals surface area contributed by atoms with Crippen molar-refractivity contribution in [1.29, 1.82) is 0 Å². The molecule has 3 N–H and O–H groups in total. The van der Waals surface area contributed by atoms with Crippen molar-refractivity contribution in [2.75, 3.05) is 39.4 Å². The summed E-state index contributed by atoms with van der Waals surface area (Å²) in [5, 5.41) is 25.4. The molecule has 0 unspecified atom stereocenters. The minimum atomic E-state index is -1.28. The molecule has 0 bridgehead atoms. The predicted molar refractivity (Wildman–Crippen MR) is 90.0 cm³/mol. The van der Waals surface area contributed by atoms with Gasteiger partial charge in [-0.1, -0.05) is 0 Å². The molecule has 1 aromatic heterocycles. The van der Waals surface area contributed by atoms with E-state index in [-0.39, 0.29) is 12.5 Å². The van der Waals surface area contributed by atoms with Gasteiger partial charge in [0.15, 0.2) is 0 Å². The third-order valence-electron chi connectivity index (χ3n) is 4.99. The summed E-state index contributed by atoms with van der Waals surface area (Å²) >= 11 is 1.35. The van der Waals surface area contributed by atoms with Gasteiger partial charge in [0, 0.05) is 44.8 Å². The predicted octanol–water partition coefficient (Wildman–Crippen LogP) is 0.0972.